The number of nitrogens with zero attached hydrogens (tertiary/aromatic N) is 14. The van der Waals surface area contributed by atoms with Gasteiger partial charge in [0, 0.05) is 76.7 Å². The minimum absolute atomic E-state index is 0.00683. The van der Waals surface area contributed by atoms with Crippen molar-refractivity contribution in [2.75, 3.05) is 86.8 Å². The number of fused-ring (bicyclic) bond motifs is 3. The van der Waals surface area contributed by atoms with Gasteiger partial charge in [-0.1, -0.05) is 155 Å². The van der Waals surface area contributed by atoms with E-state index in [1.54, 1.807) is 0 Å². The van der Waals surface area contributed by atoms with Crippen LogP contribution in [0.25, 0.3) is 44.6 Å². The van der Waals surface area contributed by atoms with E-state index < -0.39 is 0 Å². The third-order valence-corrected chi connectivity index (χ3v) is 21.5. The van der Waals surface area contributed by atoms with Crippen LogP contribution in [0.4, 0.5) is 27.0 Å². The zero-order valence-electron chi connectivity index (χ0n) is 59.2. The highest BCUT2D eigenvalue weighted by atomic mass is 127. The Bertz CT molecular complexity index is 4500. The molecule has 5 N–H and O–H groups in total. The lowest BCUT2D eigenvalue weighted by atomic mass is 9.80. The van der Waals surface area contributed by atoms with E-state index in [2.05, 4.69) is 107 Å². The summed E-state index contributed by atoms with van der Waals surface area (Å²) in [5, 5.41) is 23.0. The molecule has 15 rings (SSSR count). The van der Waals surface area contributed by atoms with E-state index in [9.17, 15) is 9.59 Å². The summed E-state index contributed by atoms with van der Waals surface area (Å²) < 4.78 is 27.5. The Hall–Kier alpha value is -9.44. The summed E-state index contributed by atoms with van der Waals surface area (Å²) in [5.74, 6) is 2.57. The Labute approximate surface area is 614 Å². The maximum absolute atomic E-state index is 12.3. The molecule has 538 valence electrons. The molecular weight excluding hydrogens is 1410 g/mol. The van der Waals surface area contributed by atoms with Crippen molar-refractivity contribution in [2.24, 2.45) is 22.0 Å². The number of carbonyl (C=O) groups is 2. The van der Waals surface area contributed by atoms with Gasteiger partial charge in [-0.05, 0) is 145 Å². The number of aromatic amines is 1. The van der Waals surface area contributed by atoms with E-state index in [1.165, 1.54) is 0 Å². The van der Waals surface area contributed by atoms with Gasteiger partial charge in [0.05, 0.1) is 24.3 Å². The topological polar surface area (TPSA) is 273 Å². The molecular formula is C78H93IN18O6. The molecule has 5 aliphatic rings. The molecule has 0 radical (unpaired) electrons. The van der Waals surface area contributed by atoms with Crippen LogP contribution in [0.3, 0.4) is 0 Å². The number of nitrogens with one attached hydrogen (secondary N) is 3. The molecule has 10 aromatic rings. The third kappa shape index (κ3) is 17.6. The number of nitrogens with two attached hydrogens (primary N) is 1. The van der Waals surface area contributed by atoms with Crippen LogP contribution in [0.15, 0.2) is 153 Å². The lowest BCUT2D eigenvalue weighted by Gasteiger charge is -2.39. The van der Waals surface area contributed by atoms with Crippen LogP contribution in [0.1, 0.15) is 144 Å². The second-order valence-corrected chi connectivity index (χ2v) is 29.6. The number of piperidine rings is 3. The number of rotatable bonds is 18. The number of H-pyrrole nitrogens is 1. The maximum atomic E-state index is 12.3. The molecule has 5 saturated heterocycles. The minimum Gasteiger partial charge on any atom is -0.445 e. The third-order valence-electron chi connectivity index (χ3n) is 20.8. The molecule has 0 aliphatic carbocycles. The first-order valence-corrected chi connectivity index (χ1v) is 37.1. The highest BCUT2D eigenvalue weighted by Crippen LogP contribution is 2.38. The van der Waals surface area contributed by atoms with Gasteiger partial charge < -0.3 is 50.0 Å². The van der Waals surface area contributed by atoms with E-state index in [0.717, 1.165) is 223 Å². The van der Waals surface area contributed by atoms with Gasteiger partial charge in [0.1, 0.15) is 52.9 Å². The fourth-order valence-corrected chi connectivity index (χ4v) is 14.3. The Morgan fingerprint density at radius 3 is 1.44 bits per heavy atom. The summed E-state index contributed by atoms with van der Waals surface area (Å²) in [6.07, 6.45) is 16.6. The quantitative estimate of drug-likeness (QED) is 0.0581. The van der Waals surface area contributed by atoms with E-state index in [-0.39, 0.29) is 54.1 Å². The number of amides is 2. The summed E-state index contributed by atoms with van der Waals surface area (Å²) in [5.41, 5.74) is 17.8. The van der Waals surface area contributed by atoms with Gasteiger partial charge in [-0.15, -0.1) is 0 Å². The largest absolute Gasteiger partial charge is 0.445 e. The van der Waals surface area contributed by atoms with Crippen molar-refractivity contribution in [2.45, 2.75) is 123 Å². The zero-order valence-corrected chi connectivity index (χ0v) is 61.3. The highest BCUT2D eigenvalue weighted by Gasteiger charge is 2.35. The summed E-state index contributed by atoms with van der Waals surface area (Å²) in [6, 6.07) is 39.5. The molecule has 24 nitrogen and oxygen atoms in total. The van der Waals surface area contributed by atoms with Crippen LogP contribution in [0.2, 0.25) is 0 Å². The van der Waals surface area contributed by atoms with Gasteiger partial charge in [0.2, 0.25) is 5.65 Å². The molecule has 2 atom stereocenters. The average Bonchev–Trinajstić information content (AvgIpc) is 1.64. The smallest absolute Gasteiger partial charge is 0.407 e. The molecule has 6 aromatic heterocycles. The highest BCUT2D eigenvalue weighted by molar-refractivity contribution is 14.1. The lowest BCUT2D eigenvalue weighted by Crippen LogP contribution is -2.45. The van der Waals surface area contributed by atoms with Crippen LogP contribution in [-0.4, -0.2) is 144 Å². The molecule has 2 amide bonds. The summed E-state index contributed by atoms with van der Waals surface area (Å²) in [4.78, 5) is 60.3. The van der Waals surface area contributed by atoms with Crippen molar-refractivity contribution in [3.8, 4) is 0 Å². The van der Waals surface area contributed by atoms with Gasteiger partial charge in [-0.3, -0.25) is 5.10 Å². The molecule has 0 bridgehead atoms. The first kappa shape index (κ1) is 71.9. The zero-order chi connectivity index (χ0) is 71.3. The van der Waals surface area contributed by atoms with Crippen LogP contribution < -0.4 is 31.1 Å². The normalized spacial score (nSPS) is 18.6. The number of carbonyl (C=O) groups excluding carboxylic acids is 2. The van der Waals surface area contributed by atoms with Crippen molar-refractivity contribution in [3.05, 3.63) is 190 Å². The molecule has 5 fully saturated rings. The average molecular weight is 1510 g/mol. The van der Waals surface area contributed by atoms with Crippen molar-refractivity contribution in [3.63, 3.8) is 0 Å². The number of benzene rings is 4. The molecule has 2 unspecified atom stereocenters. The molecule has 0 spiro atoms. The number of aromatic nitrogens is 12. The molecule has 11 heterocycles. The van der Waals surface area contributed by atoms with Gasteiger partial charge in [0.15, 0.2) is 27.5 Å². The standard InChI is InChI=1S/C33H38N6O3.C25H31IN6O3.C20H24N6/c1-24(26-13-7-4-8-14-26)29-30-31(39(37-29)28-15-9-10-20-41-28)36-27(21-34-30)38-18-16-33(2,17-19-38)23-35-32(40)42-22-25-11-5-3-6-12-25;1-25(17-28-24(33)35-16-18-7-3-2-4-8-18)10-12-31(13-11-25)19-15-27-21-22(26)30-32(23(21)29-19)20-9-5-6-14-34-20;1-14(15-6-4-3-5-7-15)17-18-19(25-24-17)23-16(12-22-18)26-10-8-20(2,13-21)9-11-26/h3-8,11-14,21,28H,1,9-10,15-20,22-23H2,2H3,(H,35,40);2-4,7-8,15,20H,5-6,9-14,16-17H2,1H3,(H,28,33);3-7,12H,1,8-11,13,21H2,2H3,(H,23,24,25). The predicted molar refractivity (Wildman–Crippen MR) is 409 cm³/mol. The molecule has 25 heteroatoms. The summed E-state index contributed by atoms with van der Waals surface area (Å²) in [7, 11) is 0. The van der Waals surface area contributed by atoms with E-state index in [4.69, 9.17) is 49.7 Å². The number of alkyl carbamates (subject to hydrolysis) is 2. The molecule has 4 aromatic carbocycles. The van der Waals surface area contributed by atoms with Gasteiger partial charge in [-0.25, -0.2) is 48.9 Å². The van der Waals surface area contributed by atoms with Crippen molar-refractivity contribution in [1.29, 1.82) is 0 Å². The maximum Gasteiger partial charge on any atom is 0.407 e. The Balaban J connectivity index is 0.000000141. The first-order valence-electron chi connectivity index (χ1n) is 36.0. The fourth-order valence-electron chi connectivity index (χ4n) is 13.7. The number of hydrogen-bond donors (Lipinski definition) is 4. The Morgan fingerprint density at radius 2 is 0.971 bits per heavy atom. The van der Waals surface area contributed by atoms with E-state index in [0.29, 0.717) is 25.3 Å². The van der Waals surface area contributed by atoms with Crippen LogP contribution in [0.5, 0.6) is 0 Å². The second-order valence-electron chi connectivity index (χ2n) is 28.6. The molecule has 5 aliphatic heterocycles. The monoisotopic (exact) mass is 1500 g/mol. The van der Waals surface area contributed by atoms with Crippen LogP contribution in [0, 0.1) is 19.9 Å². The Morgan fingerprint density at radius 1 is 0.553 bits per heavy atom. The SMILES string of the molecule is C=C(c1ccccc1)c1[nH]nc2nc(N3CCC(C)(CN)CC3)cnc12.C=C(c1ccccc1)c1nn(C2CCCCO2)c2nc(N3CCC(C)(CNC(=O)OCc4ccccc4)CC3)cnc12.CC1(CNC(=O)OCc2ccccc2)CCN(c2cnc3c(I)nn(C4CCCCO4)c3n2)CC1. The van der Waals surface area contributed by atoms with Gasteiger partial charge in [0.25, 0.3) is 0 Å². The summed E-state index contributed by atoms with van der Waals surface area (Å²) in [6.45, 7) is 24.4. The molecule has 0 saturated carbocycles. The number of ether oxygens (including phenoxy) is 4. The summed E-state index contributed by atoms with van der Waals surface area (Å²) >= 11 is 2.22. The van der Waals surface area contributed by atoms with Crippen LogP contribution >= 0.6 is 22.6 Å². The van der Waals surface area contributed by atoms with Gasteiger partial charge in [-0.2, -0.15) is 15.3 Å². The second kappa shape index (κ2) is 32.9. The van der Waals surface area contributed by atoms with E-state index >= 15 is 0 Å². The molecule has 103 heavy (non-hydrogen) atoms. The van der Waals surface area contributed by atoms with Crippen molar-refractivity contribution in [1.82, 2.24) is 70.3 Å². The van der Waals surface area contributed by atoms with E-state index in [1.807, 2.05) is 149 Å². The Kier molecular flexibility index (Phi) is 23.0. The first-order chi connectivity index (χ1) is 50.1. The predicted octanol–water partition coefficient (Wildman–Crippen LogP) is 13.8. The van der Waals surface area contributed by atoms with Crippen molar-refractivity contribution < 1.29 is 28.5 Å². The van der Waals surface area contributed by atoms with Crippen molar-refractivity contribution >= 4 is 96.9 Å². The lowest BCUT2D eigenvalue weighted by molar-refractivity contribution is -0.0372. The minimum atomic E-state index is -0.384. The number of anilines is 3. The number of halogens is 1. The van der Waals surface area contributed by atoms with Gasteiger partial charge >= 0.3 is 12.2 Å². The fraction of sp³-hybridized carbons (Fsp3) is 0.423. The number of hydrogen-bond acceptors (Lipinski definition) is 19. The van der Waals surface area contributed by atoms with Crippen LogP contribution in [-0.2, 0) is 32.2 Å².